The molecule has 26 heavy (non-hydrogen) atoms. The zero-order valence-corrected chi connectivity index (χ0v) is 15.7. The Morgan fingerprint density at radius 2 is 1.73 bits per heavy atom. The summed E-state index contributed by atoms with van der Waals surface area (Å²) in [5.74, 6) is -0.181. The smallest absolute Gasteiger partial charge is 0.335 e. The van der Waals surface area contributed by atoms with Crippen LogP contribution in [0, 0.1) is 0 Å². The SMILES string of the molecule is CCOC(=O)C1=C(c2ccc(CC)cc2)CCN(Cc2ccccc2)C1. The molecule has 3 nitrogen and oxygen atoms in total. The summed E-state index contributed by atoms with van der Waals surface area (Å²) in [6.07, 6.45) is 1.89. The molecule has 0 atom stereocenters. The fourth-order valence-corrected chi connectivity index (χ4v) is 3.46. The minimum atomic E-state index is -0.181. The minimum absolute atomic E-state index is 0.181. The van der Waals surface area contributed by atoms with Crippen LogP contribution in [0.1, 0.15) is 37.0 Å². The Balaban J connectivity index is 1.85. The average Bonchev–Trinajstić information content (AvgIpc) is 2.69. The monoisotopic (exact) mass is 349 g/mol. The predicted octanol–water partition coefficient (Wildman–Crippen LogP) is 4.47. The predicted molar refractivity (Wildman–Crippen MR) is 106 cm³/mol. The van der Waals surface area contributed by atoms with Gasteiger partial charge in [0.05, 0.1) is 12.2 Å². The normalized spacial score (nSPS) is 15.2. The molecule has 3 heteroatoms. The van der Waals surface area contributed by atoms with Crippen LogP contribution in [0.15, 0.2) is 60.2 Å². The standard InChI is InChI=1S/C23H27NO2/c1-3-18-10-12-20(13-11-18)21-14-15-24(16-19-8-6-5-7-9-19)17-22(21)23(25)26-4-2/h5-13H,3-4,14-17H2,1-2H3. The Bertz CT molecular complexity index is 763. The summed E-state index contributed by atoms with van der Waals surface area (Å²) < 4.78 is 5.35. The molecule has 0 aromatic heterocycles. The van der Waals surface area contributed by atoms with Gasteiger partial charge in [-0.15, -0.1) is 0 Å². The summed E-state index contributed by atoms with van der Waals surface area (Å²) in [6.45, 7) is 6.86. The Kier molecular flexibility index (Phi) is 6.24. The van der Waals surface area contributed by atoms with Crippen molar-refractivity contribution < 1.29 is 9.53 Å². The van der Waals surface area contributed by atoms with Gasteiger partial charge in [0.1, 0.15) is 0 Å². The van der Waals surface area contributed by atoms with Crippen LogP contribution in [-0.2, 0) is 22.5 Å². The van der Waals surface area contributed by atoms with Crippen LogP contribution in [0.5, 0.6) is 0 Å². The molecule has 0 fully saturated rings. The second-order valence-corrected chi connectivity index (χ2v) is 6.67. The number of hydrogen-bond acceptors (Lipinski definition) is 3. The Hall–Kier alpha value is -2.39. The molecule has 0 aliphatic carbocycles. The summed E-state index contributed by atoms with van der Waals surface area (Å²) in [4.78, 5) is 14.9. The maximum Gasteiger partial charge on any atom is 0.335 e. The van der Waals surface area contributed by atoms with Crippen molar-refractivity contribution in [2.75, 3.05) is 19.7 Å². The van der Waals surface area contributed by atoms with Crippen molar-refractivity contribution in [1.82, 2.24) is 4.90 Å². The van der Waals surface area contributed by atoms with E-state index in [1.54, 1.807) is 0 Å². The van der Waals surface area contributed by atoms with Gasteiger partial charge in [0.15, 0.2) is 0 Å². The van der Waals surface area contributed by atoms with Crippen molar-refractivity contribution in [2.24, 2.45) is 0 Å². The first-order valence-corrected chi connectivity index (χ1v) is 9.46. The third-order valence-corrected chi connectivity index (χ3v) is 4.91. The van der Waals surface area contributed by atoms with Gasteiger partial charge >= 0.3 is 5.97 Å². The van der Waals surface area contributed by atoms with Crippen molar-refractivity contribution in [3.63, 3.8) is 0 Å². The number of carbonyl (C=O) groups is 1. The largest absolute Gasteiger partial charge is 0.463 e. The van der Waals surface area contributed by atoms with Crippen LogP contribution >= 0.6 is 0 Å². The van der Waals surface area contributed by atoms with Crippen molar-refractivity contribution in [3.05, 3.63) is 76.9 Å². The summed E-state index contributed by atoms with van der Waals surface area (Å²) >= 11 is 0. The van der Waals surface area contributed by atoms with Crippen molar-refractivity contribution in [2.45, 2.75) is 33.2 Å². The van der Waals surface area contributed by atoms with E-state index in [2.05, 4.69) is 60.4 Å². The highest BCUT2D eigenvalue weighted by Crippen LogP contribution is 2.29. The maximum atomic E-state index is 12.6. The van der Waals surface area contributed by atoms with Gasteiger partial charge in [-0.2, -0.15) is 0 Å². The van der Waals surface area contributed by atoms with Crippen LogP contribution in [0.25, 0.3) is 5.57 Å². The zero-order valence-electron chi connectivity index (χ0n) is 15.7. The molecule has 1 heterocycles. The fourth-order valence-electron chi connectivity index (χ4n) is 3.46. The number of nitrogens with zero attached hydrogens (tertiary/aromatic N) is 1. The summed E-state index contributed by atoms with van der Waals surface area (Å²) in [5, 5.41) is 0. The lowest BCUT2D eigenvalue weighted by molar-refractivity contribution is -0.138. The molecule has 0 saturated carbocycles. The average molecular weight is 349 g/mol. The van der Waals surface area contributed by atoms with E-state index in [0.29, 0.717) is 13.2 Å². The van der Waals surface area contributed by atoms with Gasteiger partial charge in [-0.3, -0.25) is 4.90 Å². The number of hydrogen-bond donors (Lipinski definition) is 0. The molecule has 0 unspecified atom stereocenters. The highest BCUT2D eigenvalue weighted by atomic mass is 16.5. The van der Waals surface area contributed by atoms with Crippen LogP contribution in [-0.4, -0.2) is 30.6 Å². The molecule has 2 aromatic carbocycles. The van der Waals surface area contributed by atoms with Crippen molar-refractivity contribution in [1.29, 1.82) is 0 Å². The van der Waals surface area contributed by atoms with Crippen LogP contribution < -0.4 is 0 Å². The fraction of sp³-hybridized carbons (Fsp3) is 0.348. The van der Waals surface area contributed by atoms with Crippen LogP contribution in [0.2, 0.25) is 0 Å². The first-order valence-electron chi connectivity index (χ1n) is 9.46. The van der Waals surface area contributed by atoms with E-state index in [1.165, 1.54) is 11.1 Å². The molecular weight excluding hydrogens is 322 g/mol. The van der Waals surface area contributed by atoms with Gasteiger partial charge < -0.3 is 4.74 Å². The van der Waals surface area contributed by atoms with E-state index in [1.807, 2.05) is 13.0 Å². The second kappa shape index (κ2) is 8.81. The van der Waals surface area contributed by atoms with Gasteiger partial charge in [-0.25, -0.2) is 4.79 Å². The van der Waals surface area contributed by atoms with E-state index < -0.39 is 0 Å². The number of esters is 1. The Morgan fingerprint density at radius 3 is 2.38 bits per heavy atom. The molecule has 3 rings (SSSR count). The summed E-state index contributed by atoms with van der Waals surface area (Å²) in [6, 6.07) is 19.0. The van der Waals surface area contributed by atoms with Crippen molar-refractivity contribution >= 4 is 11.5 Å². The molecule has 1 aliphatic heterocycles. The molecule has 0 saturated heterocycles. The highest BCUT2D eigenvalue weighted by Gasteiger charge is 2.25. The number of aryl methyl sites for hydroxylation is 1. The number of rotatable bonds is 6. The minimum Gasteiger partial charge on any atom is -0.463 e. The van der Waals surface area contributed by atoms with E-state index >= 15 is 0 Å². The maximum absolute atomic E-state index is 12.6. The van der Waals surface area contributed by atoms with Gasteiger partial charge in [-0.1, -0.05) is 61.5 Å². The second-order valence-electron chi connectivity index (χ2n) is 6.67. The lowest BCUT2D eigenvalue weighted by atomic mass is 9.92. The van der Waals surface area contributed by atoms with Gasteiger partial charge in [0.25, 0.3) is 0 Å². The molecule has 136 valence electrons. The molecule has 0 bridgehead atoms. The summed E-state index contributed by atoms with van der Waals surface area (Å²) in [5.41, 5.74) is 5.67. The number of benzene rings is 2. The van der Waals surface area contributed by atoms with Crippen molar-refractivity contribution in [3.8, 4) is 0 Å². The van der Waals surface area contributed by atoms with E-state index in [0.717, 1.165) is 42.6 Å². The van der Waals surface area contributed by atoms with Gasteiger partial charge in [0, 0.05) is 19.6 Å². The molecule has 0 radical (unpaired) electrons. The zero-order chi connectivity index (χ0) is 18.4. The summed E-state index contributed by atoms with van der Waals surface area (Å²) in [7, 11) is 0. The number of ether oxygens (including phenoxy) is 1. The first kappa shape index (κ1) is 18.4. The lowest BCUT2D eigenvalue weighted by Gasteiger charge is -2.30. The van der Waals surface area contributed by atoms with Gasteiger partial charge in [0.2, 0.25) is 0 Å². The Morgan fingerprint density at radius 1 is 1.00 bits per heavy atom. The van der Waals surface area contributed by atoms with Crippen LogP contribution in [0.3, 0.4) is 0 Å². The Labute approximate surface area is 156 Å². The first-order chi connectivity index (χ1) is 12.7. The van der Waals surface area contributed by atoms with E-state index in [9.17, 15) is 4.79 Å². The third kappa shape index (κ3) is 4.41. The third-order valence-electron chi connectivity index (χ3n) is 4.91. The van der Waals surface area contributed by atoms with Gasteiger partial charge in [-0.05, 0) is 42.0 Å². The van der Waals surface area contributed by atoms with E-state index in [-0.39, 0.29) is 5.97 Å². The molecule has 2 aromatic rings. The molecule has 0 amide bonds. The van der Waals surface area contributed by atoms with E-state index in [4.69, 9.17) is 4.74 Å². The molecular formula is C23H27NO2. The molecule has 0 N–H and O–H groups in total. The molecule has 0 spiro atoms. The molecule has 1 aliphatic rings. The topological polar surface area (TPSA) is 29.5 Å². The highest BCUT2D eigenvalue weighted by molar-refractivity contribution is 5.98. The van der Waals surface area contributed by atoms with Crippen LogP contribution in [0.4, 0.5) is 0 Å². The lowest BCUT2D eigenvalue weighted by Crippen LogP contribution is -2.34. The number of carbonyl (C=O) groups excluding carboxylic acids is 1. The quantitative estimate of drug-likeness (QED) is 0.721.